The number of amides is 1. The van der Waals surface area contributed by atoms with E-state index in [1.54, 1.807) is 22.7 Å². The first-order chi connectivity index (χ1) is 15.3. The largest absolute Gasteiger partial charge is 0.467 e. The number of morpholine rings is 1. The molecule has 2 fully saturated rings. The van der Waals surface area contributed by atoms with Crippen LogP contribution in [-0.2, 0) is 16.1 Å². The van der Waals surface area contributed by atoms with E-state index in [2.05, 4.69) is 27.0 Å². The third kappa shape index (κ3) is 4.90. The normalized spacial score (nSPS) is 17.9. The van der Waals surface area contributed by atoms with E-state index in [1.807, 2.05) is 6.07 Å². The summed E-state index contributed by atoms with van der Waals surface area (Å²) < 4.78 is 11.5. The second-order valence-corrected chi connectivity index (χ2v) is 9.78. The summed E-state index contributed by atoms with van der Waals surface area (Å²) in [6.07, 6.45) is 4.48. The molecule has 0 atom stereocenters. The Morgan fingerprint density at radius 2 is 2.06 bits per heavy atom. The molecule has 31 heavy (non-hydrogen) atoms. The molecule has 3 aromatic heterocycles. The summed E-state index contributed by atoms with van der Waals surface area (Å²) in [5.74, 6) is 1.14. The molecule has 1 amide bonds. The van der Waals surface area contributed by atoms with Gasteiger partial charge in [0.15, 0.2) is 6.61 Å². The molecule has 1 aliphatic carbocycles. The average molecular weight is 459 g/mol. The van der Waals surface area contributed by atoms with Crippen LogP contribution in [0.25, 0.3) is 20.7 Å². The molecule has 4 heterocycles. The highest BCUT2D eigenvalue weighted by molar-refractivity contribution is 7.18. The number of carbonyl (C=O) groups is 1. The van der Waals surface area contributed by atoms with Crippen molar-refractivity contribution in [2.45, 2.75) is 38.3 Å². The molecular formula is C22H26N4O3S2. The SMILES string of the molecule is O=C(COc1nc(CN2CCOCC2)nc2scc(-c3cccs3)c12)NC1CCCC1. The molecule has 1 aliphatic heterocycles. The minimum Gasteiger partial charge on any atom is -0.467 e. The predicted octanol–water partition coefficient (Wildman–Crippen LogP) is 3.69. The van der Waals surface area contributed by atoms with Gasteiger partial charge in [0.25, 0.3) is 5.91 Å². The van der Waals surface area contributed by atoms with Gasteiger partial charge in [-0.1, -0.05) is 18.9 Å². The molecule has 2 aliphatic rings. The van der Waals surface area contributed by atoms with Crippen molar-refractivity contribution < 1.29 is 14.3 Å². The van der Waals surface area contributed by atoms with E-state index in [-0.39, 0.29) is 18.6 Å². The predicted molar refractivity (Wildman–Crippen MR) is 123 cm³/mol. The van der Waals surface area contributed by atoms with Crippen LogP contribution < -0.4 is 10.1 Å². The van der Waals surface area contributed by atoms with Gasteiger partial charge in [-0.2, -0.15) is 4.98 Å². The molecule has 0 aromatic carbocycles. The van der Waals surface area contributed by atoms with E-state index in [9.17, 15) is 4.79 Å². The zero-order valence-electron chi connectivity index (χ0n) is 17.3. The fourth-order valence-corrected chi connectivity index (χ4v) is 5.94. The highest BCUT2D eigenvalue weighted by Crippen LogP contribution is 2.39. The fraction of sp³-hybridized carbons (Fsp3) is 0.500. The molecule has 9 heteroatoms. The molecule has 1 saturated carbocycles. The molecule has 0 bridgehead atoms. The van der Waals surface area contributed by atoms with Crippen molar-refractivity contribution in [2.75, 3.05) is 32.9 Å². The second-order valence-electron chi connectivity index (χ2n) is 7.98. The molecule has 3 aromatic rings. The van der Waals surface area contributed by atoms with E-state index in [4.69, 9.17) is 19.4 Å². The monoisotopic (exact) mass is 458 g/mol. The van der Waals surface area contributed by atoms with Crippen LogP contribution in [0.3, 0.4) is 0 Å². The quantitative estimate of drug-likeness (QED) is 0.582. The van der Waals surface area contributed by atoms with Crippen molar-refractivity contribution in [1.29, 1.82) is 0 Å². The Balaban J connectivity index is 1.40. The van der Waals surface area contributed by atoms with Crippen molar-refractivity contribution >= 4 is 38.8 Å². The van der Waals surface area contributed by atoms with Crippen LogP contribution >= 0.6 is 22.7 Å². The minimum atomic E-state index is -0.0821. The molecular weight excluding hydrogens is 432 g/mol. The topological polar surface area (TPSA) is 76.6 Å². The Labute approximate surface area is 189 Å². The molecule has 164 valence electrons. The van der Waals surface area contributed by atoms with E-state index < -0.39 is 0 Å². The third-order valence-electron chi connectivity index (χ3n) is 5.76. The minimum absolute atomic E-state index is 0.0284. The maximum Gasteiger partial charge on any atom is 0.258 e. The molecule has 7 nitrogen and oxygen atoms in total. The van der Waals surface area contributed by atoms with Gasteiger partial charge in [-0.15, -0.1) is 22.7 Å². The first-order valence-electron chi connectivity index (χ1n) is 10.8. The lowest BCUT2D eigenvalue weighted by Crippen LogP contribution is -2.36. The average Bonchev–Trinajstić information content (AvgIpc) is 3.54. The number of rotatable bonds is 7. The lowest BCUT2D eigenvalue weighted by molar-refractivity contribution is -0.123. The number of thiophene rings is 2. The van der Waals surface area contributed by atoms with Gasteiger partial charge in [-0.25, -0.2) is 4.98 Å². The lowest BCUT2D eigenvalue weighted by Gasteiger charge is -2.25. The van der Waals surface area contributed by atoms with E-state index in [0.717, 1.165) is 65.6 Å². The maximum absolute atomic E-state index is 12.5. The summed E-state index contributed by atoms with van der Waals surface area (Å²) in [6.45, 7) is 3.82. The van der Waals surface area contributed by atoms with Crippen molar-refractivity contribution in [2.24, 2.45) is 0 Å². The van der Waals surface area contributed by atoms with Gasteiger partial charge >= 0.3 is 0 Å². The zero-order valence-corrected chi connectivity index (χ0v) is 19.0. The van der Waals surface area contributed by atoms with E-state index >= 15 is 0 Å². The Bertz CT molecular complexity index is 1020. The van der Waals surface area contributed by atoms with Gasteiger partial charge in [0, 0.05) is 35.0 Å². The summed E-state index contributed by atoms with van der Waals surface area (Å²) in [7, 11) is 0. The van der Waals surface area contributed by atoms with Crippen LogP contribution in [-0.4, -0.2) is 59.7 Å². The van der Waals surface area contributed by atoms with E-state index in [1.165, 1.54) is 12.8 Å². The number of fused-ring (bicyclic) bond motifs is 1. The Morgan fingerprint density at radius 3 is 2.84 bits per heavy atom. The Kier molecular flexibility index (Phi) is 6.45. The summed E-state index contributed by atoms with van der Waals surface area (Å²) in [5, 5.41) is 8.15. The highest BCUT2D eigenvalue weighted by Gasteiger charge is 2.21. The van der Waals surface area contributed by atoms with Crippen LogP contribution in [0.15, 0.2) is 22.9 Å². The Morgan fingerprint density at radius 1 is 1.23 bits per heavy atom. The second kappa shape index (κ2) is 9.60. The first-order valence-corrected chi connectivity index (χ1v) is 12.6. The molecule has 1 saturated heterocycles. The number of hydrogen-bond donors (Lipinski definition) is 1. The number of hydrogen-bond acceptors (Lipinski definition) is 8. The number of aromatic nitrogens is 2. The summed E-state index contributed by atoms with van der Waals surface area (Å²) in [5.41, 5.74) is 1.07. The van der Waals surface area contributed by atoms with Gasteiger partial charge < -0.3 is 14.8 Å². The summed E-state index contributed by atoms with van der Waals surface area (Å²) in [4.78, 5) is 26.4. The number of nitrogens with one attached hydrogen (secondary N) is 1. The molecule has 0 unspecified atom stereocenters. The number of ether oxygens (including phenoxy) is 2. The van der Waals surface area contributed by atoms with Gasteiger partial charge in [-0.05, 0) is 24.3 Å². The standard InChI is InChI=1S/C22H26N4O3S2/c27-19(23-15-4-1-2-5-15)13-29-21-20-16(17-6-3-11-30-17)14-31-22(20)25-18(24-21)12-26-7-9-28-10-8-26/h3,6,11,14-15H,1-2,4-5,7-10,12-13H2,(H,23,27). The molecule has 0 radical (unpaired) electrons. The Hall–Kier alpha value is -2.07. The fourth-order valence-electron chi connectivity index (χ4n) is 4.17. The zero-order chi connectivity index (χ0) is 21.0. The van der Waals surface area contributed by atoms with Crippen LogP contribution in [0.4, 0.5) is 0 Å². The maximum atomic E-state index is 12.5. The van der Waals surface area contributed by atoms with Crippen molar-refractivity contribution in [3.8, 4) is 16.3 Å². The summed E-state index contributed by atoms with van der Waals surface area (Å²) >= 11 is 3.27. The number of nitrogens with zero attached hydrogens (tertiary/aromatic N) is 3. The molecule has 5 rings (SSSR count). The van der Waals surface area contributed by atoms with Crippen molar-refractivity contribution in [1.82, 2.24) is 20.2 Å². The third-order valence-corrected chi connectivity index (χ3v) is 7.54. The number of carbonyl (C=O) groups excluding carboxylic acids is 1. The van der Waals surface area contributed by atoms with Crippen LogP contribution in [0.2, 0.25) is 0 Å². The highest BCUT2D eigenvalue weighted by atomic mass is 32.1. The van der Waals surface area contributed by atoms with Gasteiger partial charge in [-0.3, -0.25) is 9.69 Å². The summed E-state index contributed by atoms with van der Waals surface area (Å²) in [6, 6.07) is 4.40. The van der Waals surface area contributed by atoms with Gasteiger partial charge in [0.05, 0.1) is 25.1 Å². The molecule has 1 N–H and O–H groups in total. The van der Waals surface area contributed by atoms with Crippen LogP contribution in [0.5, 0.6) is 5.88 Å². The van der Waals surface area contributed by atoms with Gasteiger partial charge in [0.1, 0.15) is 10.7 Å². The molecule has 0 spiro atoms. The van der Waals surface area contributed by atoms with Crippen LogP contribution in [0, 0.1) is 0 Å². The first kappa shape index (κ1) is 20.8. The van der Waals surface area contributed by atoms with E-state index in [0.29, 0.717) is 12.4 Å². The van der Waals surface area contributed by atoms with Crippen molar-refractivity contribution in [3.63, 3.8) is 0 Å². The lowest BCUT2D eigenvalue weighted by atomic mass is 10.2. The van der Waals surface area contributed by atoms with Crippen molar-refractivity contribution in [3.05, 3.63) is 28.7 Å². The van der Waals surface area contributed by atoms with Crippen LogP contribution in [0.1, 0.15) is 31.5 Å². The van der Waals surface area contributed by atoms with Gasteiger partial charge in [0.2, 0.25) is 5.88 Å². The smallest absolute Gasteiger partial charge is 0.258 e.